The fourth-order valence-electron chi connectivity index (χ4n) is 5.04. The maximum Gasteiger partial charge on any atom is 0.243 e. The van der Waals surface area contributed by atoms with E-state index in [2.05, 4.69) is 31.1 Å². The number of hydrogen-bond acceptors (Lipinski definition) is 5. The van der Waals surface area contributed by atoms with Crippen molar-refractivity contribution in [1.82, 2.24) is 15.2 Å². The van der Waals surface area contributed by atoms with Crippen LogP contribution < -0.4 is 5.32 Å². The minimum atomic E-state index is -0.685. The quantitative estimate of drug-likeness (QED) is 0.646. The second-order valence-corrected chi connectivity index (χ2v) is 11.5. The lowest BCUT2D eigenvalue weighted by Crippen LogP contribution is -2.51. The van der Waals surface area contributed by atoms with Gasteiger partial charge in [0.05, 0.1) is 28.2 Å². The third-order valence-corrected chi connectivity index (χ3v) is 7.49. The Kier molecular flexibility index (Phi) is 7.64. The molecular weight excluding hydrogens is 434 g/mol. The molecule has 0 bridgehead atoms. The molecule has 0 unspecified atom stereocenters. The number of rotatable bonds is 6. The van der Waals surface area contributed by atoms with Gasteiger partial charge in [0.15, 0.2) is 0 Å². The number of carbonyl (C=O) groups excluding carboxylic acids is 2. The molecule has 2 N–H and O–H groups in total. The smallest absolute Gasteiger partial charge is 0.243 e. The normalized spacial score (nSPS) is 20.7. The van der Waals surface area contributed by atoms with E-state index in [0.717, 1.165) is 21.7 Å². The molecule has 4 atom stereocenters. The van der Waals surface area contributed by atoms with Gasteiger partial charge in [0.1, 0.15) is 6.04 Å². The number of benzene rings is 1. The molecule has 2 heterocycles. The van der Waals surface area contributed by atoms with Gasteiger partial charge in [-0.05, 0) is 36.3 Å². The molecule has 0 aliphatic carbocycles. The van der Waals surface area contributed by atoms with E-state index in [1.54, 1.807) is 16.2 Å². The molecule has 1 saturated heterocycles. The Bertz CT molecular complexity index is 977. The van der Waals surface area contributed by atoms with Gasteiger partial charge in [-0.25, -0.2) is 4.98 Å². The lowest BCUT2D eigenvalue weighted by molar-refractivity contribution is -0.146. The van der Waals surface area contributed by atoms with Gasteiger partial charge < -0.3 is 15.3 Å². The summed E-state index contributed by atoms with van der Waals surface area (Å²) in [6, 6.07) is 7.25. The molecule has 1 aromatic heterocycles. The van der Waals surface area contributed by atoms with Crippen molar-refractivity contribution in [3.05, 3.63) is 41.0 Å². The third-order valence-electron chi connectivity index (χ3n) is 6.51. The average Bonchev–Trinajstić information content (AvgIpc) is 3.32. The molecule has 2 aromatic rings. The van der Waals surface area contributed by atoms with E-state index in [1.165, 1.54) is 0 Å². The Morgan fingerprint density at radius 3 is 2.33 bits per heavy atom. The van der Waals surface area contributed by atoms with Gasteiger partial charge >= 0.3 is 0 Å². The summed E-state index contributed by atoms with van der Waals surface area (Å²) in [6.07, 6.45) is -0.419. The number of nitrogens with zero attached hydrogens (tertiary/aromatic N) is 2. The summed E-state index contributed by atoms with van der Waals surface area (Å²) in [4.78, 5) is 33.7. The molecular formula is C26H37N3O3S. The van der Waals surface area contributed by atoms with Crippen molar-refractivity contribution in [2.45, 2.75) is 73.1 Å². The molecule has 0 radical (unpaired) electrons. The molecule has 33 heavy (non-hydrogen) atoms. The van der Waals surface area contributed by atoms with Crippen molar-refractivity contribution in [3.63, 3.8) is 0 Å². The van der Waals surface area contributed by atoms with E-state index in [1.807, 2.05) is 57.5 Å². The number of likely N-dealkylation sites (tertiary alicyclic amines) is 1. The van der Waals surface area contributed by atoms with Crippen molar-refractivity contribution in [2.75, 3.05) is 6.54 Å². The fourth-order valence-corrected chi connectivity index (χ4v) is 5.85. The van der Waals surface area contributed by atoms with Gasteiger partial charge in [-0.15, -0.1) is 11.3 Å². The Morgan fingerprint density at radius 2 is 1.82 bits per heavy atom. The van der Waals surface area contributed by atoms with E-state index in [4.69, 9.17) is 0 Å². The van der Waals surface area contributed by atoms with Crippen LogP contribution in [0.2, 0.25) is 0 Å². The van der Waals surface area contributed by atoms with Crippen molar-refractivity contribution < 1.29 is 14.7 Å². The van der Waals surface area contributed by atoms with Gasteiger partial charge in [0.2, 0.25) is 11.8 Å². The number of hydrogen-bond donors (Lipinski definition) is 2. The van der Waals surface area contributed by atoms with Crippen LogP contribution in [-0.2, 0) is 9.59 Å². The average molecular weight is 472 g/mol. The van der Waals surface area contributed by atoms with Gasteiger partial charge in [-0.3, -0.25) is 9.59 Å². The Labute approximate surface area is 201 Å². The maximum absolute atomic E-state index is 13.5. The highest BCUT2D eigenvalue weighted by Gasteiger charge is 2.44. The summed E-state index contributed by atoms with van der Waals surface area (Å²) in [5.74, 6) is -0.353. The summed E-state index contributed by atoms with van der Waals surface area (Å²) in [6.45, 7) is 14.4. The molecule has 7 heteroatoms. The molecule has 3 rings (SSSR count). The topological polar surface area (TPSA) is 82.5 Å². The highest BCUT2D eigenvalue weighted by atomic mass is 32.1. The molecule has 1 fully saturated rings. The van der Waals surface area contributed by atoms with Crippen LogP contribution >= 0.6 is 11.3 Å². The van der Waals surface area contributed by atoms with Crippen molar-refractivity contribution in [1.29, 1.82) is 0 Å². The number of amides is 2. The number of aryl methyl sites for hydroxylation is 1. The van der Waals surface area contributed by atoms with Crippen molar-refractivity contribution >= 4 is 23.2 Å². The summed E-state index contributed by atoms with van der Waals surface area (Å²) in [5, 5.41) is 13.4. The van der Waals surface area contributed by atoms with Crippen LogP contribution in [0.15, 0.2) is 29.8 Å². The molecule has 1 aromatic carbocycles. The second kappa shape index (κ2) is 9.94. The number of nitrogens with one attached hydrogen (secondary N) is 1. The fraction of sp³-hybridized carbons (Fsp3) is 0.577. The zero-order valence-electron chi connectivity index (χ0n) is 20.8. The molecule has 0 saturated carbocycles. The molecule has 0 spiro atoms. The molecule has 180 valence electrons. The van der Waals surface area contributed by atoms with Crippen LogP contribution in [0.5, 0.6) is 0 Å². The van der Waals surface area contributed by atoms with Gasteiger partial charge in [-0.1, -0.05) is 58.9 Å². The predicted molar refractivity (Wildman–Crippen MR) is 133 cm³/mol. The zero-order chi connectivity index (χ0) is 24.5. The standard InChI is InChI=1S/C26H37N3O3S/c1-15(2)22(26(5,6)7)25(32)29-13-20(30)12-21(29)24(31)28-16(3)18-8-10-19(11-9-18)23-17(4)27-14-33-23/h8-11,14-16,20-22,30H,12-13H2,1-7H3,(H,28,31)/t16-,20+,21-,22+/m0/s1. The van der Waals surface area contributed by atoms with E-state index in [9.17, 15) is 14.7 Å². The lowest BCUT2D eigenvalue weighted by Gasteiger charge is -2.37. The zero-order valence-corrected chi connectivity index (χ0v) is 21.6. The van der Waals surface area contributed by atoms with E-state index in [-0.39, 0.29) is 48.1 Å². The Morgan fingerprint density at radius 1 is 1.18 bits per heavy atom. The van der Waals surface area contributed by atoms with Gasteiger partial charge in [0, 0.05) is 18.9 Å². The Hall–Kier alpha value is -2.25. The first-order valence-electron chi connectivity index (χ1n) is 11.7. The number of β-amino-alcohol motifs (C(OH)–C–C–N with tert-alkyl or cyclic N) is 1. The predicted octanol–water partition coefficient (Wildman–Crippen LogP) is 4.58. The SMILES string of the molecule is Cc1ncsc1-c1ccc([C@H](C)NC(=O)[C@@H]2C[C@@H](O)CN2C(=O)[C@@H](C(C)C)C(C)(C)C)cc1. The summed E-state index contributed by atoms with van der Waals surface area (Å²) in [5.41, 5.74) is 4.71. The molecule has 1 aliphatic rings. The highest BCUT2D eigenvalue weighted by Crippen LogP contribution is 2.36. The summed E-state index contributed by atoms with van der Waals surface area (Å²) >= 11 is 1.61. The lowest BCUT2D eigenvalue weighted by atomic mass is 9.73. The van der Waals surface area contributed by atoms with Crippen LogP contribution in [0.4, 0.5) is 0 Å². The van der Waals surface area contributed by atoms with Crippen LogP contribution in [-0.4, -0.2) is 45.5 Å². The minimum Gasteiger partial charge on any atom is -0.391 e. The number of carbonyl (C=O) groups is 2. The van der Waals surface area contributed by atoms with Crippen molar-refractivity contribution in [3.8, 4) is 10.4 Å². The third kappa shape index (κ3) is 5.64. The van der Waals surface area contributed by atoms with Crippen LogP contribution in [0.1, 0.15) is 65.3 Å². The molecule has 1 aliphatic heterocycles. The van der Waals surface area contributed by atoms with Gasteiger partial charge in [0.25, 0.3) is 0 Å². The highest BCUT2D eigenvalue weighted by molar-refractivity contribution is 7.13. The van der Waals surface area contributed by atoms with Crippen LogP contribution in [0, 0.1) is 24.2 Å². The van der Waals surface area contributed by atoms with Gasteiger partial charge in [-0.2, -0.15) is 0 Å². The first-order chi connectivity index (χ1) is 15.4. The number of aliphatic hydroxyl groups is 1. The number of aliphatic hydroxyl groups excluding tert-OH is 1. The minimum absolute atomic E-state index is 0.0499. The molecule has 6 nitrogen and oxygen atoms in total. The monoisotopic (exact) mass is 471 g/mol. The number of aromatic nitrogens is 1. The summed E-state index contributed by atoms with van der Waals surface area (Å²) in [7, 11) is 0. The van der Waals surface area contributed by atoms with E-state index in [0.29, 0.717) is 0 Å². The first-order valence-corrected chi connectivity index (χ1v) is 12.6. The van der Waals surface area contributed by atoms with Crippen LogP contribution in [0.25, 0.3) is 10.4 Å². The van der Waals surface area contributed by atoms with E-state index >= 15 is 0 Å². The number of thiazole rings is 1. The maximum atomic E-state index is 13.5. The first kappa shape index (κ1) is 25.4. The Balaban J connectivity index is 1.72. The van der Waals surface area contributed by atoms with Crippen LogP contribution in [0.3, 0.4) is 0 Å². The molecule has 2 amide bonds. The van der Waals surface area contributed by atoms with Crippen molar-refractivity contribution in [2.24, 2.45) is 17.3 Å². The largest absolute Gasteiger partial charge is 0.391 e. The van der Waals surface area contributed by atoms with E-state index < -0.39 is 12.1 Å². The summed E-state index contributed by atoms with van der Waals surface area (Å²) < 4.78 is 0. The second-order valence-electron chi connectivity index (χ2n) is 10.6.